The van der Waals surface area contributed by atoms with Crippen LogP contribution in [0.25, 0.3) is 0 Å². The Morgan fingerprint density at radius 3 is 2.11 bits per heavy atom. The molecular weight excluding hydrogens is 376 g/mol. The molecule has 0 radical (unpaired) electrons. The number of hydrogen-bond acceptors (Lipinski definition) is 5. The van der Waals surface area contributed by atoms with Crippen molar-refractivity contribution in [3.05, 3.63) is 90.0 Å². The molecule has 3 aromatic carbocycles. The Morgan fingerprint density at radius 1 is 0.821 bits per heavy atom. The molecule has 1 aliphatic rings. The van der Waals surface area contributed by atoms with Crippen LogP contribution in [0.1, 0.15) is 23.6 Å². The molecule has 28 heavy (non-hydrogen) atoms. The molecule has 3 aromatic rings. The highest BCUT2D eigenvalue weighted by Gasteiger charge is 2.39. The Kier molecular flexibility index (Phi) is 4.52. The van der Waals surface area contributed by atoms with E-state index in [9.17, 15) is 18.6 Å². The van der Waals surface area contributed by atoms with Gasteiger partial charge in [0.2, 0.25) is 0 Å². The summed E-state index contributed by atoms with van der Waals surface area (Å²) in [6.07, 6.45) is 0.223. The van der Waals surface area contributed by atoms with Gasteiger partial charge in [-0.15, -0.1) is 0 Å². The first-order valence-electron chi connectivity index (χ1n) is 8.71. The van der Waals surface area contributed by atoms with Crippen molar-refractivity contribution in [3.63, 3.8) is 0 Å². The summed E-state index contributed by atoms with van der Waals surface area (Å²) in [5, 5.41) is 24.9. The van der Waals surface area contributed by atoms with Crippen molar-refractivity contribution in [1.82, 2.24) is 4.41 Å². The number of benzene rings is 3. The third kappa shape index (κ3) is 3.10. The van der Waals surface area contributed by atoms with Gasteiger partial charge in [-0.1, -0.05) is 48.5 Å². The van der Waals surface area contributed by atoms with Crippen molar-refractivity contribution in [3.8, 4) is 11.5 Å². The van der Waals surface area contributed by atoms with Crippen molar-refractivity contribution in [2.75, 3.05) is 0 Å². The lowest BCUT2D eigenvalue weighted by molar-refractivity contribution is 0.358. The number of aromatic hydroxyl groups is 2. The van der Waals surface area contributed by atoms with Crippen LogP contribution >= 0.6 is 0 Å². The van der Waals surface area contributed by atoms with E-state index in [0.717, 1.165) is 4.41 Å². The molecule has 0 aliphatic carbocycles. The van der Waals surface area contributed by atoms with E-state index in [-0.39, 0.29) is 22.8 Å². The van der Waals surface area contributed by atoms with Gasteiger partial charge in [-0.3, -0.25) is 0 Å². The van der Waals surface area contributed by atoms with Crippen molar-refractivity contribution < 1.29 is 18.6 Å². The first kappa shape index (κ1) is 18.1. The number of phenolic OH excluding ortho intramolecular Hbond substituents is 2. The third-order valence-corrected chi connectivity index (χ3v) is 6.37. The first-order chi connectivity index (χ1) is 13.5. The van der Waals surface area contributed by atoms with Crippen molar-refractivity contribution in [1.29, 1.82) is 0 Å². The SMILES string of the molecule is O=S(=O)(c1ccccc1)N1N=C(c2ccccc2O)C[C@H]1c1ccccc1O. The van der Waals surface area contributed by atoms with Crippen LogP contribution in [-0.4, -0.2) is 28.8 Å². The summed E-state index contributed by atoms with van der Waals surface area (Å²) < 4.78 is 27.6. The largest absolute Gasteiger partial charge is 0.508 e. The Morgan fingerprint density at radius 2 is 1.43 bits per heavy atom. The maximum atomic E-state index is 13.3. The maximum Gasteiger partial charge on any atom is 0.279 e. The van der Waals surface area contributed by atoms with Gasteiger partial charge in [-0.05, 0) is 30.3 Å². The molecule has 0 bridgehead atoms. The molecule has 7 heteroatoms. The van der Waals surface area contributed by atoms with E-state index < -0.39 is 16.1 Å². The minimum atomic E-state index is -3.95. The standard InChI is InChI=1S/C21H18N2O4S/c24-20-12-6-4-10-16(20)18-14-19(17-11-5-7-13-21(17)25)23(22-18)28(26,27)15-8-2-1-3-9-15/h1-13,19,24-25H,14H2/t19-/m0/s1. The number of hydrazone groups is 1. The van der Waals surface area contributed by atoms with Gasteiger partial charge in [0.15, 0.2) is 0 Å². The fraction of sp³-hybridized carbons (Fsp3) is 0.0952. The fourth-order valence-corrected chi connectivity index (χ4v) is 4.74. The molecule has 0 spiro atoms. The van der Waals surface area contributed by atoms with Crippen molar-refractivity contribution >= 4 is 15.7 Å². The van der Waals surface area contributed by atoms with Crippen molar-refractivity contribution in [2.24, 2.45) is 5.10 Å². The predicted molar refractivity (Wildman–Crippen MR) is 106 cm³/mol. The van der Waals surface area contributed by atoms with E-state index in [0.29, 0.717) is 16.8 Å². The normalized spacial score (nSPS) is 16.8. The number of phenols is 2. The van der Waals surface area contributed by atoms with Gasteiger partial charge in [-0.2, -0.15) is 17.9 Å². The van der Waals surface area contributed by atoms with E-state index >= 15 is 0 Å². The van der Waals surface area contributed by atoms with Crippen LogP contribution in [0, 0.1) is 0 Å². The van der Waals surface area contributed by atoms with Gasteiger partial charge in [0.1, 0.15) is 11.5 Å². The molecule has 0 unspecified atom stereocenters. The van der Waals surface area contributed by atoms with Gasteiger partial charge < -0.3 is 10.2 Å². The van der Waals surface area contributed by atoms with Crippen LogP contribution in [-0.2, 0) is 10.0 Å². The number of rotatable bonds is 4. The van der Waals surface area contributed by atoms with Gasteiger partial charge in [0.05, 0.1) is 16.6 Å². The molecule has 1 atom stereocenters. The molecule has 2 N–H and O–H groups in total. The van der Waals surface area contributed by atoms with Gasteiger partial charge in [0, 0.05) is 17.5 Å². The summed E-state index contributed by atoms with van der Waals surface area (Å²) in [6.45, 7) is 0. The summed E-state index contributed by atoms with van der Waals surface area (Å²) in [7, 11) is -3.95. The third-order valence-electron chi connectivity index (χ3n) is 4.67. The molecule has 142 valence electrons. The smallest absolute Gasteiger partial charge is 0.279 e. The molecule has 0 fully saturated rings. The summed E-state index contributed by atoms with van der Waals surface area (Å²) in [4.78, 5) is 0.109. The topological polar surface area (TPSA) is 90.2 Å². The summed E-state index contributed by atoms with van der Waals surface area (Å²) in [5.74, 6) is 0.0192. The average Bonchev–Trinajstić information content (AvgIpc) is 3.15. The highest BCUT2D eigenvalue weighted by molar-refractivity contribution is 7.89. The zero-order valence-electron chi connectivity index (χ0n) is 14.8. The van der Waals surface area contributed by atoms with E-state index in [2.05, 4.69) is 5.10 Å². The Bertz CT molecular complexity index is 1140. The lowest BCUT2D eigenvalue weighted by Gasteiger charge is -2.24. The Labute approximate surface area is 163 Å². The van der Waals surface area contributed by atoms with E-state index in [1.807, 2.05) is 0 Å². The van der Waals surface area contributed by atoms with Crippen LogP contribution in [0.5, 0.6) is 11.5 Å². The lowest BCUT2D eigenvalue weighted by Crippen LogP contribution is -2.27. The number of para-hydroxylation sites is 2. The summed E-state index contributed by atoms with van der Waals surface area (Å²) in [5.41, 5.74) is 1.36. The second kappa shape index (κ2) is 7.01. The zero-order valence-corrected chi connectivity index (χ0v) is 15.6. The van der Waals surface area contributed by atoms with Crippen LogP contribution < -0.4 is 0 Å². The van der Waals surface area contributed by atoms with Crippen LogP contribution in [0.2, 0.25) is 0 Å². The molecule has 0 saturated heterocycles. The molecule has 1 heterocycles. The molecule has 0 saturated carbocycles. The average molecular weight is 394 g/mol. The highest BCUT2D eigenvalue weighted by Crippen LogP contribution is 2.41. The molecular formula is C21H18N2O4S. The molecule has 6 nitrogen and oxygen atoms in total. The summed E-state index contributed by atoms with van der Waals surface area (Å²) in [6, 6.07) is 20.6. The monoisotopic (exact) mass is 394 g/mol. The Hall–Kier alpha value is -3.32. The van der Waals surface area contributed by atoms with E-state index in [1.165, 1.54) is 24.3 Å². The minimum absolute atomic E-state index is 0.00510. The van der Waals surface area contributed by atoms with Crippen LogP contribution in [0.4, 0.5) is 0 Å². The molecule has 0 amide bonds. The molecule has 0 aromatic heterocycles. The zero-order chi connectivity index (χ0) is 19.7. The van der Waals surface area contributed by atoms with Crippen LogP contribution in [0.15, 0.2) is 88.9 Å². The van der Waals surface area contributed by atoms with Crippen molar-refractivity contribution in [2.45, 2.75) is 17.4 Å². The molecule has 1 aliphatic heterocycles. The second-order valence-corrected chi connectivity index (χ2v) is 8.23. The maximum absolute atomic E-state index is 13.3. The number of hydrogen-bond donors (Lipinski definition) is 2. The quantitative estimate of drug-likeness (QED) is 0.707. The number of sulfonamides is 1. The lowest BCUT2D eigenvalue weighted by atomic mass is 9.98. The number of nitrogens with zero attached hydrogens (tertiary/aromatic N) is 2. The first-order valence-corrected chi connectivity index (χ1v) is 10.2. The minimum Gasteiger partial charge on any atom is -0.508 e. The second-order valence-electron chi connectivity index (χ2n) is 6.43. The van der Waals surface area contributed by atoms with E-state index in [1.54, 1.807) is 54.6 Å². The highest BCUT2D eigenvalue weighted by atomic mass is 32.2. The fourth-order valence-electron chi connectivity index (χ4n) is 3.29. The van der Waals surface area contributed by atoms with Gasteiger partial charge in [-0.25, -0.2) is 0 Å². The van der Waals surface area contributed by atoms with Gasteiger partial charge >= 0.3 is 0 Å². The molecule has 4 rings (SSSR count). The Balaban J connectivity index is 1.85. The predicted octanol–water partition coefficient (Wildman–Crippen LogP) is 3.64. The van der Waals surface area contributed by atoms with E-state index in [4.69, 9.17) is 0 Å². The van der Waals surface area contributed by atoms with Gasteiger partial charge in [0.25, 0.3) is 10.0 Å². The van der Waals surface area contributed by atoms with Crippen LogP contribution in [0.3, 0.4) is 0 Å². The summed E-state index contributed by atoms with van der Waals surface area (Å²) >= 11 is 0.